The summed E-state index contributed by atoms with van der Waals surface area (Å²) in [6.45, 7) is 2.75. The number of nitrogens with zero attached hydrogens (tertiary/aromatic N) is 2. The standard InChI is InChI=1S/C21H21N3O4/c1-15-7-9-17(10-8-15)28-12-11-22-13-18-19(25)23-21(27)24(20(18)26)14-16-5-3-2-4-6-16/h2-10,13,26H,11-12,14H2,1H3,(H,23,25,27). The summed E-state index contributed by atoms with van der Waals surface area (Å²) in [5, 5.41) is 10.4. The van der Waals surface area contributed by atoms with E-state index in [1.165, 1.54) is 6.21 Å². The van der Waals surface area contributed by atoms with Crippen LogP contribution in [0.2, 0.25) is 0 Å². The molecule has 2 aromatic carbocycles. The third-order valence-electron chi connectivity index (χ3n) is 4.12. The zero-order valence-electron chi connectivity index (χ0n) is 15.5. The number of rotatable bonds is 7. The fraction of sp³-hybridized carbons (Fsp3) is 0.190. The Morgan fingerprint density at radius 2 is 1.82 bits per heavy atom. The molecule has 0 saturated heterocycles. The van der Waals surface area contributed by atoms with Crippen molar-refractivity contribution in [2.24, 2.45) is 4.99 Å². The Labute approximate surface area is 161 Å². The zero-order chi connectivity index (χ0) is 19.9. The second-order valence-corrected chi connectivity index (χ2v) is 6.27. The van der Waals surface area contributed by atoms with Gasteiger partial charge in [-0.3, -0.25) is 19.3 Å². The van der Waals surface area contributed by atoms with Gasteiger partial charge in [-0.25, -0.2) is 4.79 Å². The van der Waals surface area contributed by atoms with Crippen molar-refractivity contribution >= 4 is 6.21 Å². The molecular formula is C21H21N3O4. The second-order valence-electron chi connectivity index (χ2n) is 6.27. The number of ether oxygens (including phenoxy) is 1. The highest BCUT2D eigenvalue weighted by Gasteiger charge is 2.12. The first-order valence-electron chi connectivity index (χ1n) is 8.84. The number of aryl methyl sites for hydroxylation is 1. The van der Waals surface area contributed by atoms with Gasteiger partial charge in [0.15, 0.2) is 0 Å². The molecule has 7 heteroatoms. The molecule has 0 aliphatic carbocycles. The molecule has 0 radical (unpaired) electrons. The number of H-pyrrole nitrogens is 1. The molecule has 1 aromatic heterocycles. The molecule has 0 spiro atoms. The maximum absolute atomic E-state index is 12.1. The quantitative estimate of drug-likeness (QED) is 0.485. The predicted molar refractivity (Wildman–Crippen MR) is 108 cm³/mol. The van der Waals surface area contributed by atoms with E-state index < -0.39 is 17.1 Å². The van der Waals surface area contributed by atoms with Gasteiger partial charge in [0.1, 0.15) is 17.9 Å². The lowest BCUT2D eigenvalue weighted by Crippen LogP contribution is -2.32. The molecule has 3 aromatic rings. The minimum atomic E-state index is -0.685. The largest absolute Gasteiger partial charge is 0.494 e. The summed E-state index contributed by atoms with van der Waals surface area (Å²) in [6, 6.07) is 16.8. The van der Waals surface area contributed by atoms with Crippen LogP contribution in [0.5, 0.6) is 11.6 Å². The van der Waals surface area contributed by atoms with Crippen LogP contribution >= 0.6 is 0 Å². The third-order valence-corrected chi connectivity index (χ3v) is 4.12. The molecule has 3 rings (SSSR count). The normalized spacial score (nSPS) is 11.0. The Hall–Kier alpha value is -3.61. The lowest BCUT2D eigenvalue weighted by molar-refractivity contribution is 0.329. The van der Waals surface area contributed by atoms with Crippen molar-refractivity contribution in [3.05, 3.63) is 92.1 Å². The molecule has 144 valence electrons. The van der Waals surface area contributed by atoms with Crippen LogP contribution in [0.25, 0.3) is 0 Å². The summed E-state index contributed by atoms with van der Waals surface area (Å²) in [4.78, 5) is 30.4. The van der Waals surface area contributed by atoms with Crippen molar-refractivity contribution in [1.82, 2.24) is 9.55 Å². The number of aliphatic imine (C=N–C) groups is 1. The molecule has 0 amide bonds. The van der Waals surface area contributed by atoms with Crippen molar-refractivity contribution in [2.45, 2.75) is 13.5 Å². The van der Waals surface area contributed by atoms with Gasteiger partial charge in [0, 0.05) is 6.21 Å². The highest BCUT2D eigenvalue weighted by Crippen LogP contribution is 2.12. The van der Waals surface area contributed by atoms with Crippen LogP contribution in [0.1, 0.15) is 16.7 Å². The molecule has 0 saturated carbocycles. The topological polar surface area (TPSA) is 96.7 Å². The molecular weight excluding hydrogens is 358 g/mol. The first kappa shape index (κ1) is 19.2. The van der Waals surface area contributed by atoms with Crippen LogP contribution in [-0.4, -0.2) is 34.0 Å². The highest BCUT2D eigenvalue weighted by molar-refractivity contribution is 5.81. The Morgan fingerprint density at radius 1 is 1.11 bits per heavy atom. The molecule has 28 heavy (non-hydrogen) atoms. The Morgan fingerprint density at radius 3 is 2.54 bits per heavy atom. The van der Waals surface area contributed by atoms with Crippen LogP contribution < -0.4 is 16.0 Å². The summed E-state index contributed by atoms with van der Waals surface area (Å²) in [6.07, 6.45) is 1.26. The Bertz CT molecular complexity index is 1070. The van der Waals surface area contributed by atoms with Crippen LogP contribution in [-0.2, 0) is 6.54 Å². The average Bonchev–Trinajstić information content (AvgIpc) is 2.69. The maximum Gasteiger partial charge on any atom is 0.331 e. The van der Waals surface area contributed by atoms with Crippen molar-refractivity contribution in [3.63, 3.8) is 0 Å². The summed E-state index contributed by atoms with van der Waals surface area (Å²) >= 11 is 0. The summed E-state index contributed by atoms with van der Waals surface area (Å²) in [5.74, 6) is 0.318. The molecule has 1 heterocycles. The Kier molecular flexibility index (Phi) is 6.06. The van der Waals surface area contributed by atoms with Crippen LogP contribution in [0.15, 0.2) is 69.2 Å². The van der Waals surface area contributed by atoms with Gasteiger partial charge in [-0.1, -0.05) is 48.0 Å². The highest BCUT2D eigenvalue weighted by atomic mass is 16.5. The van der Waals surface area contributed by atoms with Gasteiger partial charge in [0.2, 0.25) is 5.88 Å². The number of nitrogens with one attached hydrogen (secondary N) is 1. The van der Waals surface area contributed by atoms with Crippen molar-refractivity contribution in [2.75, 3.05) is 13.2 Å². The predicted octanol–water partition coefficient (Wildman–Crippen LogP) is 2.10. The van der Waals surface area contributed by atoms with Gasteiger partial charge in [0.05, 0.1) is 13.1 Å². The van der Waals surface area contributed by atoms with Gasteiger partial charge in [0.25, 0.3) is 5.56 Å². The maximum atomic E-state index is 12.1. The molecule has 0 aliphatic heterocycles. The second kappa shape index (κ2) is 8.85. The first-order chi connectivity index (χ1) is 13.5. The van der Waals surface area contributed by atoms with Crippen molar-refractivity contribution < 1.29 is 9.84 Å². The summed E-state index contributed by atoms with van der Waals surface area (Å²) in [7, 11) is 0. The van der Waals surface area contributed by atoms with Crippen LogP contribution in [0, 0.1) is 6.92 Å². The van der Waals surface area contributed by atoms with Gasteiger partial charge in [-0.05, 0) is 24.6 Å². The Balaban J connectivity index is 1.69. The molecule has 7 nitrogen and oxygen atoms in total. The zero-order valence-corrected chi connectivity index (χ0v) is 15.5. The van der Waals surface area contributed by atoms with Gasteiger partial charge in [-0.15, -0.1) is 0 Å². The number of aromatic hydroxyl groups is 1. The smallest absolute Gasteiger partial charge is 0.331 e. The van der Waals surface area contributed by atoms with E-state index in [0.717, 1.165) is 21.4 Å². The molecule has 0 atom stereocenters. The monoisotopic (exact) mass is 379 g/mol. The number of aromatic amines is 1. The lowest BCUT2D eigenvalue weighted by atomic mass is 10.2. The molecule has 0 fully saturated rings. The fourth-order valence-corrected chi connectivity index (χ4v) is 2.61. The van der Waals surface area contributed by atoms with E-state index in [2.05, 4.69) is 9.98 Å². The van der Waals surface area contributed by atoms with E-state index in [-0.39, 0.29) is 12.1 Å². The molecule has 0 aliphatic rings. The van der Waals surface area contributed by atoms with Crippen LogP contribution in [0.3, 0.4) is 0 Å². The minimum absolute atomic E-state index is 0.0640. The van der Waals surface area contributed by atoms with E-state index in [1.54, 1.807) is 0 Å². The van der Waals surface area contributed by atoms with E-state index in [9.17, 15) is 14.7 Å². The molecule has 0 unspecified atom stereocenters. The number of aromatic nitrogens is 2. The van der Waals surface area contributed by atoms with Gasteiger partial charge in [-0.2, -0.15) is 0 Å². The SMILES string of the molecule is Cc1ccc(OCCN=Cc2c(O)n(Cc3ccccc3)c(=O)[nH]c2=O)cc1. The lowest BCUT2D eigenvalue weighted by Gasteiger charge is -2.09. The number of benzene rings is 2. The minimum Gasteiger partial charge on any atom is -0.494 e. The van der Waals surface area contributed by atoms with E-state index in [1.807, 2.05) is 61.5 Å². The fourth-order valence-electron chi connectivity index (χ4n) is 2.61. The van der Waals surface area contributed by atoms with Gasteiger partial charge >= 0.3 is 5.69 Å². The van der Waals surface area contributed by atoms with Crippen molar-refractivity contribution in [3.8, 4) is 11.6 Å². The number of hydrogen-bond acceptors (Lipinski definition) is 5. The van der Waals surface area contributed by atoms with E-state index in [0.29, 0.717) is 13.2 Å². The average molecular weight is 379 g/mol. The first-order valence-corrected chi connectivity index (χ1v) is 8.84. The summed E-state index contributed by atoms with van der Waals surface area (Å²) in [5.41, 5.74) is 0.541. The van der Waals surface area contributed by atoms with Crippen LogP contribution in [0.4, 0.5) is 0 Å². The van der Waals surface area contributed by atoms with Gasteiger partial charge < -0.3 is 9.84 Å². The molecule has 2 N–H and O–H groups in total. The van der Waals surface area contributed by atoms with E-state index >= 15 is 0 Å². The van der Waals surface area contributed by atoms with E-state index in [4.69, 9.17) is 4.74 Å². The van der Waals surface area contributed by atoms with Crippen molar-refractivity contribution in [1.29, 1.82) is 0 Å². The molecule has 0 bridgehead atoms. The number of hydrogen-bond donors (Lipinski definition) is 2. The third kappa shape index (κ3) is 4.76. The summed E-state index contributed by atoms with van der Waals surface area (Å²) < 4.78 is 6.66.